The first kappa shape index (κ1) is 20.7. The number of imide groups is 1. The average Bonchev–Trinajstić information content (AvgIpc) is 3.00. The van der Waals surface area contributed by atoms with E-state index in [9.17, 15) is 24.5 Å². The molecule has 0 unspecified atom stereocenters. The van der Waals surface area contributed by atoms with Crippen LogP contribution >= 0.6 is 0 Å². The van der Waals surface area contributed by atoms with Crippen LogP contribution in [0.2, 0.25) is 0 Å². The lowest BCUT2D eigenvalue weighted by Gasteiger charge is -2.26. The van der Waals surface area contributed by atoms with Gasteiger partial charge in [0.15, 0.2) is 0 Å². The third kappa shape index (κ3) is 4.46. The summed E-state index contributed by atoms with van der Waals surface area (Å²) in [5.74, 6) is -1.87. The van der Waals surface area contributed by atoms with Gasteiger partial charge in [0.05, 0.1) is 16.1 Å². The van der Waals surface area contributed by atoms with Gasteiger partial charge in [-0.25, -0.2) is 0 Å². The first-order valence-corrected chi connectivity index (χ1v) is 10.2. The molecule has 0 radical (unpaired) electrons. The van der Waals surface area contributed by atoms with Gasteiger partial charge in [-0.2, -0.15) is 0 Å². The fourth-order valence-corrected chi connectivity index (χ4v) is 3.95. The SMILES string of the molecule is O=C(CN1C(=O)c2ccc([N+](=O)[O-])cc2C1=O)Nc1ccc(CN2CCCCC2)cc1. The molecule has 0 aromatic heterocycles. The van der Waals surface area contributed by atoms with E-state index in [1.807, 2.05) is 12.1 Å². The van der Waals surface area contributed by atoms with Crippen LogP contribution in [-0.4, -0.2) is 52.1 Å². The van der Waals surface area contributed by atoms with Gasteiger partial charge in [0.1, 0.15) is 6.54 Å². The number of likely N-dealkylation sites (tertiary alicyclic amines) is 1. The number of fused-ring (bicyclic) bond motifs is 1. The summed E-state index contributed by atoms with van der Waals surface area (Å²) in [4.78, 5) is 50.9. The number of piperidine rings is 1. The molecule has 0 aliphatic carbocycles. The Balaban J connectivity index is 1.36. The minimum absolute atomic E-state index is 0.0606. The Hall–Kier alpha value is -3.59. The number of amides is 3. The molecule has 2 heterocycles. The van der Waals surface area contributed by atoms with Gasteiger partial charge in [0.2, 0.25) is 5.91 Å². The summed E-state index contributed by atoms with van der Waals surface area (Å²) in [6, 6.07) is 11.0. The largest absolute Gasteiger partial charge is 0.325 e. The molecule has 9 nitrogen and oxygen atoms in total. The molecule has 0 bridgehead atoms. The summed E-state index contributed by atoms with van der Waals surface area (Å²) < 4.78 is 0. The molecular weight excluding hydrogens is 400 g/mol. The average molecular weight is 422 g/mol. The van der Waals surface area contributed by atoms with Crippen LogP contribution in [0.25, 0.3) is 0 Å². The van der Waals surface area contributed by atoms with E-state index in [1.165, 1.54) is 31.4 Å². The first-order chi connectivity index (χ1) is 14.9. The van der Waals surface area contributed by atoms with Gasteiger partial charge in [-0.3, -0.25) is 34.3 Å². The number of carbonyl (C=O) groups is 3. The van der Waals surface area contributed by atoms with Crippen LogP contribution < -0.4 is 5.32 Å². The smallest absolute Gasteiger partial charge is 0.270 e. The molecule has 31 heavy (non-hydrogen) atoms. The number of anilines is 1. The molecule has 0 atom stereocenters. The minimum Gasteiger partial charge on any atom is -0.325 e. The van der Waals surface area contributed by atoms with Crippen LogP contribution in [0.4, 0.5) is 11.4 Å². The van der Waals surface area contributed by atoms with Crippen molar-refractivity contribution < 1.29 is 19.3 Å². The number of nitrogens with zero attached hydrogens (tertiary/aromatic N) is 3. The van der Waals surface area contributed by atoms with Crippen LogP contribution in [0.5, 0.6) is 0 Å². The van der Waals surface area contributed by atoms with Gasteiger partial charge in [-0.15, -0.1) is 0 Å². The lowest BCUT2D eigenvalue weighted by Crippen LogP contribution is -2.37. The van der Waals surface area contributed by atoms with Crippen LogP contribution in [0, 0.1) is 10.1 Å². The number of benzene rings is 2. The van der Waals surface area contributed by atoms with Crippen LogP contribution in [-0.2, 0) is 11.3 Å². The fraction of sp³-hybridized carbons (Fsp3) is 0.318. The van der Waals surface area contributed by atoms with Gasteiger partial charge in [0.25, 0.3) is 17.5 Å². The lowest BCUT2D eigenvalue weighted by molar-refractivity contribution is -0.384. The molecule has 2 aliphatic heterocycles. The number of carbonyl (C=O) groups excluding carboxylic acids is 3. The van der Waals surface area contributed by atoms with Crippen molar-refractivity contribution in [3.8, 4) is 0 Å². The highest BCUT2D eigenvalue weighted by atomic mass is 16.6. The van der Waals surface area contributed by atoms with E-state index in [0.717, 1.165) is 36.2 Å². The van der Waals surface area contributed by atoms with Crippen LogP contribution in [0.3, 0.4) is 0 Å². The summed E-state index contributed by atoms with van der Waals surface area (Å²) in [7, 11) is 0. The number of rotatable bonds is 6. The monoisotopic (exact) mass is 422 g/mol. The maximum absolute atomic E-state index is 12.5. The number of hydrogen-bond acceptors (Lipinski definition) is 6. The van der Waals surface area contributed by atoms with E-state index in [-0.39, 0.29) is 16.8 Å². The van der Waals surface area contributed by atoms with Crippen molar-refractivity contribution in [1.82, 2.24) is 9.80 Å². The molecule has 9 heteroatoms. The zero-order valence-electron chi connectivity index (χ0n) is 16.9. The molecule has 1 N–H and O–H groups in total. The second kappa shape index (κ2) is 8.65. The maximum atomic E-state index is 12.5. The minimum atomic E-state index is -0.712. The summed E-state index contributed by atoms with van der Waals surface area (Å²) in [6.45, 7) is 2.61. The van der Waals surface area contributed by atoms with Crippen molar-refractivity contribution in [1.29, 1.82) is 0 Å². The van der Waals surface area contributed by atoms with Gasteiger partial charge >= 0.3 is 0 Å². The van der Waals surface area contributed by atoms with Crippen molar-refractivity contribution in [2.24, 2.45) is 0 Å². The molecule has 2 aliphatic rings. The topological polar surface area (TPSA) is 113 Å². The van der Waals surface area contributed by atoms with Gasteiger partial charge < -0.3 is 5.32 Å². The normalized spacial score (nSPS) is 16.3. The van der Waals surface area contributed by atoms with E-state index < -0.39 is 29.2 Å². The molecular formula is C22H22N4O5. The van der Waals surface area contributed by atoms with Gasteiger partial charge in [-0.1, -0.05) is 18.6 Å². The summed E-state index contributed by atoms with van der Waals surface area (Å²) >= 11 is 0. The predicted molar refractivity (Wildman–Crippen MR) is 113 cm³/mol. The second-order valence-electron chi connectivity index (χ2n) is 7.77. The Kier molecular flexibility index (Phi) is 5.77. The van der Waals surface area contributed by atoms with Crippen molar-refractivity contribution in [2.45, 2.75) is 25.8 Å². The number of non-ortho nitro benzene ring substituents is 1. The molecule has 1 saturated heterocycles. The number of hydrogen-bond donors (Lipinski definition) is 1. The molecule has 2 aromatic carbocycles. The van der Waals surface area contributed by atoms with Crippen LogP contribution in [0.1, 0.15) is 45.5 Å². The fourth-order valence-electron chi connectivity index (χ4n) is 3.95. The Morgan fingerprint density at radius 3 is 2.32 bits per heavy atom. The Labute approximate surface area is 178 Å². The van der Waals surface area contributed by atoms with E-state index in [2.05, 4.69) is 10.2 Å². The molecule has 0 saturated carbocycles. The van der Waals surface area contributed by atoms with E-state index in [1.54, 1.807) is 12.1 Å². The summed E-state index contributed by atoms with van der Waals surface area (Å²) in [6.07, 6.45) is 3.73. The number of nitro groups is 1. The second-order valence-corrected chi connectivity index (χ2v) is 7.77. The zero-order chi connectivity index (χ0) is 22.0. The summed E-state index contributed by atoms with van der Waals surface area (Å²) in [5, 5.41) is 13.6. The van der Waals surface area contributed by atoms with Crippen molar-refractivity contribution in [2.75, 3.05) is 25.0 Å². The molecule has 0 spiro atoms. The van der Waals surface area contributed by atoms with Crippen molar-refractivity contribution in [3.63, 3.8) is 0 Å². The molecule has 160 valence electrons. The highest BCUT2D eigenvalue weighted by Crippen LogP contribution is 2.26. The Bertz CT molecular complexity index is 1040. The lowest BCUT2D eigenvalue weighted by atomic mass is 10.1. The van der Waals surface area contributed by atoms with Gasteiger partial charge in [0, 0.05) is 24.4 Å². The summed E-state index contributed by atoms with van der Waals surface area (Å²) in [5.41, 5.74) is 1.44. The molecule has 2 aromatic rings. The van der Waals surface area contributed by atoms with Crippen molar-refractivity contribution >= 4 is 29.1 Å². The maximum Gasteiger partial charge on any atom is 0.270 e. The molecule has 1 fully saturated rings. The Morgan fingerprint density at radius 2 is 1.65 bits per heavy atom. The standard InChI is InChI=1S/C22H22N4O5/c27-20(23-16-6-4-15(5-7-16)13-24-10-2-1-3-11-24)14-25-21(28)18-9-8-17(26(30)31)12-19(18)22(25)29/h4-9,12H,1-3,10-11,13-14H2,(H,23,27). The number of nitrogens with one attached hydrogen (secondary N) is 1. The third-order valence-corrected chi connectivity index (χ3v) is 5.56. The predicted octanol–water partition coefficient (Wildman–Crippen LogP) is 2.82. The van der Waals surface area contributed by atoms with E-state index in [4.69, 9.17) is 0 Å². The Morgan fingerprint density at radius 1 is 0.968 bits per heavy atom. The highest BCUT2D eigenvalue weighted by molar-refractivity contribution is 6.23. The van der Waals surface area contributed by atoms with Gasteiger partial charge in [-0.05, 0) is 49.7 Å². The molecule has 3 amide bonds. The van der Waals surface area contributed by atoms with Crippen LogP contribution in [0.15, 0.2) is 42.5 Å². The zero-order valence-corrected chi connectivity index (χ0v) is 16.9. The van der Waals surface area contributed by atoms with E-state index >= 15 is 0 Å². The molecule has 4 rings (SSSR count). The number of nitro benzene ring substituents is 1. The van der Waals surface area contributed by atoms with Crippen molar-refractivity contribution in [3.05, 3.63) is 69.3 Å². The third-order valence-electron chi connectivity index (χ3n) is 5.56. The van der Waals surface area contributed by atoms with E-state index in [0.29, 0.717) is 5.69 Å². The first-order valence-electron chi connectivity index (χ1n) is 10.2. The quantitative estimate of drug-likeness (QED) is 0.435. The highest BCUT2D eigenvalue weighted by Gasteiger charge is 2.37.